The van der Waals surface area contributed by atoms with E-state index < -0.39 is 29.7 Å². The van der Waals surface area contributed by atoms with E-state index in [1.807, 2.05) is 0 Å². The van der Waals surface area contributed by atoms with Gasteiger partial charge in [-0.3, -0.25) is 9.59 Å². The van der Waals surface area contributed by atoms with Gasteiger partial charge in [0.15, 0.2) is 6.10 Å². The molecular formula is C17H13Cl2FN2O4. The number of primary amides is 1. The minimum absolute atomic E-state index is 0.101. The highest BCUT2D eigenvalue weighted by molar-refractivity contribution is 6.36. The van der Waals surface area contributed by atoms with Crippen LogP contribution in [0.15, 0.2) is 36.4 Å². The molecule has 0 bridgehead atoms. The Morgan fingerprint density at radius 1 is 1.12 bits per heavy atom. The summed E-state index contributed by atoms with van der Waals surface area (Å²) >= 11 is 11.4. The monoisotopic (exact) mass is 398 g/mol. The summed E-state index contributed by atoms with van der Waals surface area (Å²) in [6.45, 7) is 1.34. The maximum absolute atomic E-state index is 13.5. The Kier molecular flexibility index (Phi) is 6.18. The van der Waals surface area contributed by atoms with Gasteiger partial charge in [-0.1, -0.05) is 23.2 Å². The van der Waals surface area contributed by atoms with Gasteiger partial charge < -0.3 is 15.8 Å². The van der Waals surface area contributed by atoms with Gasteiger partial charge in [0.05, 0.1) is 15.6 Å². The first-order valence-corrected chi connectivity index (χ1v) is 8.01. The van der Waals surface area contributed by atoms with Gasteiger partial charge in [0, 0.05) is 11.3 Å². The van der Waals surface area contributed by atoms with Crippen molar-refractivity contribution in [3.8, 4) is 0 Å². The largest absolute Gasteiger partial charge is 0.449 e. The molecule has 0 aromatic heterocycles. The van der Waals surface area contributed by atoms with Crippen molar-refractivity contribution in [2.45, 2.75) is 13.0 Å². The third kappa shape index (κ3) is 4.71. The molecule has 0 saturated carbocycles. The maximum atomic E-state index is 13.5. The molecule has 2 aromatic carbocycles. The SMILES string of the molecule is C[C@@H](OC(=O)c1cc(F)c(Cl)cc1Cl)C(=O)Nc1ccc(C(N)=O)cc1. The second-order valence-corrected chi connectivity index (χ2v) is 6.04. The summed E-state index contributed by atoms with van der Waals surface area (Å²) < 4.78 is 18.5. The predicted molar refractivity (Wildman–Crippen MR) is 94.9 cm³/mol. The van der Waals surface area contributed by atoms with E-state index in [0.717, 1.165) is 12.1 Å². The number of hydrogen-bond donors (Lipinski definition) is 2. The molecule has 2 amide bonds. The average molecular weight is 399 g/mol. The zero-order valence-electron chi connectivity index (χ0n) is 13.4. The molecule has 0 aliphatic rings. The van der Waals surface area contributed by atoms with E-state index in [1.165, 1.54) is 31.2 Å². The molecule has 2 rings (SSSR count). The van der Waals surface area contributed by atoms with Crippen LogP contribution in [0, 0.1) is 5.82 Å². The highest BCUT2D eigenvalue weighted by atomic mass is 35.5. The second kappa shape index (κ2) is 8.16. The molecular weight excluding hydrogens is 386 g/mol. The average Bonchev–Trinajstić information content (AvgIpc) is 2.58. The number of nitrogens with one attached hydrogen (secondary N) is 1. The van der Waals surface area contributed by atoms with Crippen LogP contribution in [-0.2, 0) is 9.53 Å². The maximum Gasteiger partial charge on any atom is 0.340 e. The van der Waals surface area contributed by atoms with Gasteiger partial charge in [0.2, 0.25) is 5.91 Å². The number of rotatable bonds is 5. The lowest BCUT2D eigenvalue weighted by Gasteiger charge is -2.14. The molecule has 26 heavy (non-hydrogen) atoms. The predicted octanol–water partition coefficient (Wildman–Crippen LogP) is 3.42. The van der Waals surface area contributed by atoms with E-state index >= 15 is 0 Å². The van der Waals surface area contributed by atoms with Gasteiger partial charge in [-0.05, 0) is 43.3 Å². The molecule has 1 atom stereocenters. The van der Waals surface area contributed by atoms with Gasteiger partial charge in [0.25, 0.3) is 5.91 Å². The molecule has 0 unspecified atom stereocenters. The van der Waals surface area contributed by atoms with Crippen molar-refractivity contribution < 1.29 is 23.5 Å². The van der Waals surface area contributed by atoms with Crippen LogP contribution in [0.5, 0.6) is 0 Å². The summed E-state index contributed by atoms with van der Waals surface area (Å²) in [4.78, 5) is 35.2. The summed E-state index contributed by atoms with van der Waals surface area (Å²) in [5, 5.41) is 2.16. The van der Waals surface area contributed by atoms with Crippen molar-refractivity contribution in [3.05, 3.63) is 63.4 Å². The number of nitrogens with two attached hydrogens (primary N) is 1. The Morgan fingerprint density at radius 2 is 1.73 bits per heavy atom. The summed E-state index contributed by atoms with van der Waals surface area (Å²) in [5.41, 5.74) is 5.53. The third-order valence-electron chi connectivity index (χ3n) is 3.32. The number of halogens is 3. The molecule has 0 aliphatic heterocycles. The summed E-state index contributed by atoms with van der Waals surface area (Å²) in [5.74, 6) is -3.04. The Balaban J connectivity index is 2.03. The lowest BCUT2D eigenvalue weighted by Crippen LogP contribution is -2.30. The van der Waals surface area contributed by atoms with E-state index in [4.69, 9.17) is 33.7 Å². The number of benzene rings is 2. The number of anilines is 1. The van der Waals surface area contributed by atoms with Crippen LogP contribution in [0.1, 0.15) is 27.6 Å². The molecule has 0 aliphatic carbocycles. The minimum atomic E-state index is -1.19. The molecule has 6 nitrogen and oxygen atoms in total. The Morgan fingerprint density at radius 3 is 2.31 bits per heavy atom. The van der Waals surface area contributed by atoms with E-state index in [9.17, 15) is 18.8 Å². The van der Waals surface area contributed by atoms with Crippen LogP contribution in [-0.4, -0.2) is 23.9 Å². The molecule has 0 fully saturated rings. The number of carbonyl (C=O) groups is 3. The van der Waals surface area contributed by atoms with E-state index in [0.29, 0.717) is 5.69 Å². The normalized spacial score (nSPS) is 11.5. The first kappa shape index (κ1) is 19.7. The first-order chi connectivity index (χ1) is 12.2. The minimum Gasteiger partial charge on any atom is -0.449 e. The van der Waals surface area contributed by atoms with E-state index in [2.05, 4.69) is 5.32 Å². The molecule has 136 valence electrons. The lowest BCUT2D eigenvalue weighted by molar-refractivity contribution is -0.123. The number of ether oxygens (including phenoxy) is 1. The molecule has 0 radical (unpaired) electrons. The summed E-state index contributed by atoms with van der Waals surface area (Å²) in [7, 11) is 0. The highest BCUT2D eigenvalue weighted by Gasteiger charge is 2.22. The quantitative estimate of drug-likeness (QED) is 0.595. The van der Waals surface area contributed by atoms with Crippen molar-refractivity contribution in [1.82, 2.24) is 0 Å². The number of carbonyl (C=O) groups excluding carboxylic acids is 3. The molecule has 9 heteroatoms. The Bertz CT molecular complexity index is 872. The number of amides is 2. The highest BCUT2D eigenvalue weighted by Crippen LogP contribution is 2.25. The van der Waals surface area contributed by atoms with Crippen LogP contribution in [0.25, 0.3) is 0 Å². The van der Waals surface area contributed by atoms with Crippen molar-refractivity contribution in [2.75, 3.05) is 5.32 Å². The van der Waals surface area contributed by atoms with Crippen LogP contribution in [0.2, 0.25) is 10.0 Å². The van der Waals surface area contributed by atoms with Crippen LogP contribution in [0.4, 0.5) is 10.1 Å². The fourth-order valence-corrected chi connectivity index (χ4v) is 2.38. The van der Waals surface area contributed by atoms with Crippen molar-refractivity contribution in [3.63, 3.8) is 0 Å². The van der Waals surface area contributed by atoms with Gasteiger partial charge in [-0.25, -0.2) is 9.18 Å². The zero-order chi connectivity index (χ0) is 19.4. The van der Waals surface area contributed by atoms with Crippen LogP contribution >= 0.6 is 23.2 Å². The molecule has 3 N–H and O–H groups in total. The summed E-state index contributed by atoms with van der Waals surface area (Å²) in [6.07, 6.45) is -1.19. The van der Waals surface area contributed by atoms with Gasteiger partial charge >= 0.3 is 5.97 Å². The van der Waals surface area contributed by atoms with Gasteiger partial charge in [-0.15, -0.1) is 0 Å². The Hall–Kier alpha value is -2.64. The van der Waals surface area contributed by atoms with E-state index in [1.54, 1.807) is 0 Å². The Labute approximate surface area is 158 Å². The standard InChI is InChI=1S/C17H13Cl2FN2O4/c1-8(16(24)22-10-4-2-9(3-5-10)15(21)23)26-17(25)11-6-14(20)13(19)7-12(11)18/h2-8H,1H3,(H2,21,23)(H,22,24)/t8-/m1/s1. The smallest absolute Gasteiger partial charge is 0.340 e. The topological polar surface area (TPSA) is 98.5 Å². The van der Waals surface area contributed by atoms with Gasteiger partial charge in [0.1, 0.15) is 5.82 Å². The molecule has 2 aromatic rings. The van der Waals surface area contributed by atoms with Crippen LogP contribution < -0.4 is 11.1 Å². The fraction of sp³-hybridized carbons (Fsp3) is 0.118. The van der Waals surface area contributed by atoms with Gasteiger partial charge in [-0.2, -0.15) is 0 Å². The van der Waals surface area contributed by atoms with Crippen molar-refractivity contribution >= 4 is 46.7 Å². The van der Waals surface area contributed by atoms with Crippen molar-refractivity contribution in [2.24, 2.45) is 5.73 Å². The number of hydrogen-bond acceptors (Lipinski definition) is 4. The lowest BCUT2D eigenvalue weighted by atomic mass is 10.2. The molecule has 0 spiro atoms. The number of esters is 1. The summed E-state index contributed by atoms with van der Waals surface area (Å²) in [6, 6.07) is 7.71. The third-order valence-corrected chi connectivity index (χ3v) is 3.92. The fourth-order valence-electron chi connectivity index (χ4n) is 1.92. The van der Waals surface area contributed by atoms with Crippen LogP contribution in [0.3, 0.4) is 0 Å². The second-order valence-electron chi connectivity index (χ2n) is 5.22. The zero-order valence-corrected chi connectivity index (χ0v) is 14.9. The molecule has 0 saturated heterocycles. The van der Waals surface area contributed by atoms with E-state index in [-0.39, 0.29) is 21.2 Å². The first-order valence-electron chi connectivity index (χ1n) is 7.25. The molecule has 0 heterocycles. The van der Waals surface area contributed by atoms with Crippen molar-refractivity contribution in [1.29, 1.82) is 0 Å².